The Morgan fingerprint density at radius 3 is 2.70 bits per heavy atom. The van der Waals surface area contributed by atoms with Gasteiger partial charge in [0, 0.05) is 11.6 Å². The molecule has 0 aliphatic rings. The quantitative estimate of drug-likeness (QED) is 0.423. The van der Waals surface area contributed by atoms with Crippen LogP contribution in [0.3, 0.4) is 0 Å². The summed E-state index contributed by atoms with van der Waals surface area (Å²) < 4.78 is 2.86. The highest BCUT2D eigenvalue weighted by atomic mass is 16.6. The number of rotatable bonds is 3. The van der Waals surface area contributed by atoms with Gasteiger partial charge in [0.25, 0.3) is 5.78 Å². The zero-order valence-corrected chi connectivity index (χ0v) is 11.6. The third-order valence-electron chi connectivity index (χ3n) is 3.32. The largest absolute Gasteiger partial charge is 0.307 e. The second-order valence-electron chi connectivity index (χ2n) is 4.74. The Balaban J connectivity index is 1.94. The smallest absolute Gasteiger partial charge is 0.258 e. The van der Waals surface area contributed by atoms with Gasteiger partial charge in [-0.2, -0.15) is 19.7 Å². The first-order valence-electron chi connectivity index (χ1n) is 6.68. The fraction of sp³-hybridized carbons (Fsp3) is 0. The topological polar surface area (TPSA) is 104 Å². The minimum absolute atomic E-state index is 0.101. The van der Waals surface area contributed by atoms with Crippen molar-refractivity contribution in [3.63, 3.8) is 0 Å². The van der Waals surface area contributed by atoms with Crippen LogP contribution in [0.15, 0.2) is 55.1 Å². The van der Waals surface area contributed by atoms with E-state index in [1.807, 2.05) is 30.3 Å². The molecule has 112 valence electrons. The molecule has 0 radical (unpaired) electrons. The van der Waals surface area contributed by atoms with Gasteiger partial charge in [-0.25, -0.2) is 9.67 Å². The van der Waals surface area contributed by atoms with Gasteiger partial charge >= 0.3 is 5.69 Å². The second-order valence-corrected chi connectivity index (χ2v) is 4.74. The lowest BCUT2D eigenvalue weighted by molar-refractivity contribution is -0.384. The number of nitro groups is 1. The van der Waals surface area contributed by atoms with Crippen LogP contribution in [0.1, 0.15) is 0 Å². The number of hydrogen-bond donors (Lipinski definition) is 0. The van der Waals surface area contributed by atoms with Gasteiger partial charge in [-0.05, 0) is 0 Å². The molecule has 0 atom stereocenters. The molecule has 0 spiro atoms. The van der Waals surface area contributed by atoms with Crippen LogP contribution in [0, 0.1) is 10.1 Å². The summed E-state index contributed by atoms with van der Waals surface area (Å²) in [6.45, 7) is 0. The van der Waals surface area contributed by atoms with Gasteiger partial charge in [0.2, 0.25) is 0 Å². The lowest BCUT2D eigenvalue weighted by Gasteiger charge is -2.07. The standard InChI is InChI=1S/C14H9N7O2/c22-21(23)11-7-16-19(8-11)13-6-12(10-4-2-1-3-5-10)18-14-15-9-17-20(13)14/h1-9H. The van der Waals surface area contributed by atoms with Crippen LogP contribution in [0.5, 0.6) is 0 Å². The molecule has 0 saturated carbocycles. The monoisotopic (exact) mass is 307 g/mol. The van der Waals surface area contributed by atoms with Crippen LogP contribution < -0.4 is 0 Å². The summed E-state index contributed by atoms with van der Waals surface area (Å²) in [6, 6.07) is 11.3. The lowest BCUT2D eigenvalue weighted by Crippen LogP contribution is -2.06. The first-order valence-corrected chi connectivity index (χ1v) is 6.68. The average molecular weight is 307 g/mol. The molecular weight excluding hydrogens is 298 g/mol. The summed E-state index contributed by atoms with van der Waals surface area (Å²) in [5.74, 6) is 0.902. The Labute approximate surface area is 129 Å². The van der Waals surface area contributed by atoms with E-state index in [0.717, 1.165) is 5.56 Å². The van der Waals surface area contributed by atoms with E-state index in [9.17, 15) is 10.1 Å². The SMILES string of the molecule is O=[N+]([O-])c1cnn(-c2cc(-c3ccccc3)nc3ncnn23)c1. The summed E-state index contributed by atoms with van der Waals surface area (Å²) in [4.78, 5) is 18.9. The average Bonchev–Trinajstić information content (AvgIpc) is 3.24. The highest BCUT2D eigenvalue weighted by molar-refractivity contribution is 5.63. The Bertz CT molecular complexity index is 1010. The van der Waals surface area contributed by atoms with Crippen molar-refractivity contribution >= 4 is 11.5 Å². The minimum Gasteiger partial charge on any atom is -0.258 e. The fourth-order valence-electron chi connectivity index (χ4n) is 2.25. The molecular formula is C14H9N7O2. The molecule has 3 aromatic heterocycles. The van der Waals surface area contributed by atoms with Gasteiger partial charge < -0.3 is 0 Å². The maximum absolute atomic E-state index is 10.9. The van der Waals surface area contributed by atoms with Crippen molar-refractivity contribution in [2.45, 2.75) is 0 Å². The van der Waals surface area contributed by atoms with Crippen molar-refractivity contribution in [2.24, 2.45) is 0 Å². The molecule has 4 aromatic rings. The number of benzene rings is 1. The second kappa shape index (κ2) is 4.98. The molecule has 0 aliphatic heterocycles. The Kier molecular flexibility index (Phi) is 2.83. The first-order chi connectivity index (χ1) is 11.2. The Morgan fingerprint density at radius 2 is 1.96 bits per heavy atom. The normalized spacial score (nSPS) is 11.0. The molecule has 0 saturated heterocycles. The predicted molar refractivity (Wildman–Crippen MR) is 80.0 cm³/mol. The highest BCUT2D eigenvalue weighted by Crippen LogP contribution is 2.21. The third-order valence-corrected chi connectivity index (χ3v) is 3.32. The molecule has 0 fully saturated rings. The first kappa shape index (κ1) is 13.1. The van der Waals surface area contributed by atoms with Crippen LogP contribution >= 0.6 is 0 Å². The highest BCUT2D eigenvalue weighted by Gasteiger charge is 2.15. The Hall–Kier alpha value is -3.62. The predicted octanol–water partition coefficient (Wildman–Crippen LogP) is 1.89. The zero-order valence-electron chi connectivity index (χ0n) is 11.6. The van der Waals surface area contributed by atoms with Crippen molar-refractivity contribution in [1.82, 2.24) is 29.4 Å². The van der Waals surface area contributed by atoms with Gasteiger partial charge in [-0.15, -0.1) is 0 Å². The van der Waals surface area contributed by atoms with Crippen molar-refractivity contribution in [2.75, 3.05) is 0 Å². The summed E-state index contributed by atoms with van der Waals surface area (Å²) in [5.41, 5.74) is 1.48. The van der Waals surface area contributed by atoms with Gasteiger partial charge in [0.05, 0.1) is 10.6 Å². The van der Waals surface area contributed by atoms with E-state index >= 15 is 0 Å². The number of fused-ring (bicyclic) bond motifs is 1. The van der Waals surface area contributed by atoms with E-state index in [4.69, 9.17) is 0 Å². The van der Waals surface area contributed by atoms with Crippen molar-refractivity contribution in [3.05, 3.63) is 65.2 Å². The van der Waals surface area contributed by atoms with E-state index < -0.39 is 4.92 Å². The molecule has 23 heavy (non-hydrogen) atoms. The van der Waals surface area contributed by atoms with Gasteiger partial charge in [0.1, 0.15) is 18.7 Å². The summed E-state index contributed by atoms with van der Waals surface area (Å²) >= 11 is 0. The van der Waals surface area contributed by atoms with Crippen molar-refractivity contribution < 1.29 is 4.92 Å². The summed E-state index contributed by atoms with van der Waals surface area (Å²) in [5, 5.41) is 19.0. The number of hydrogen-bond acceptors (Lipinski definition) is 6. The molecule has 0 amide bonds. The molecule has 1 aromatic carbocycles. The molecule has 0 aliphatic carbocycles. The number of aromatic nitrogens is 6. The van der Waals surface area contributed by atoms with Crippen LogP contribution in [0.4, 0.5) is 5.69 Å². The number of nitrogens with zero attached hydrogens (tertiary/aromatic N) is 7. The van der Waals surface area contributed by atoms with E-state index in [2.05, 4.69) is 20.2 Å². The van der Waals surface area contributed by atoms with Crippen LogP contribution in [0.2, 0.25) is 0 Å². The maximum atomic E-state index is 10.9. The molecule has 9 heteroatoms. The van der Waals surface area contributed by atoms with Crippen LogP contribution in [-0.4, -0.2) is 34.3 Å². The fourth-order valence-corrected chi connectivity index (χ4v) is 2.25. The summed E-state index contributed by atoms with van der Waals surface area (Å²) in [7, 11) is 0. The Morgan fingerprint density at radius 1 is 1.13 bits per heavy atom. The molecule has 0 unspecified atom stereocenters. The molecule has 9 nitrogen and oxygen atoms in total. The van der Waals surface area contributed by atoms with E-state index in [1.54, 1.807) is 6.07 Å². The van der Waals surface area contributed by atoms with E-state index in [0.29, 0.717) is 17.3 Å². The molecule has 3 heterocycles. The van der Waals surface area contributed by atoms with Gasteiger partial charge in [0.15, 0.2) is 5.82 Å². The molecule has 0 bridgehead atoms. The maximum Gasteiger partial charge on any atom is 0.307 e. The third kappa shape index (κ3) is 2.20. The minimum atomic E-state index is -0.499. The molecule has 4 rings (SSSR count). The van der Waals surface area contributed by atoms with Gasteiger partial charge in [-0.1, -0.05) is 30.3 Å². The van der Waals surface area contributed by atoms with Crippen molar-refractivity contribution in [3.8, 4) is 17.1 Å². The zero-order chi connectivity index (χ0) is 15.8. The van der Waals surface area contributed by atoms with E-state index in [-0.39, 0.29) is 5.69 Å². The summed E-state index contributed by atoms with van der Waals surface area (Å²) in [6.07, 6.45) is 3.88. The van der Waals surface area contributed by atoms with Gasteiger partial charge in [-0.3, -0.25) is 10.1 Å². The van der Waals surface area contributed by atoms with Crippen molar-refractivity contribution in [1.29, 1.82) is 0 Å². The van der Waals surface area contributed by atoms with E-state index in [1.165, 1.54) is 27.9 Å². The molecule has 0 N–H and O–H groups in total. The van der Waals surface area contributed by atoms with Crippen LogP contribution in [-0.2, 0) is 0 Å². The van der Waals surface area contributed by atoms with Crippen LogP contribution in [0.25, 0.3) is 22.9 Å². The lowest BCUT2D eigenvalue weighted by atomic mass is 10.1.